The molecule has 23 heavy (non-hydrogen) atoms. The number of esters is 1. The van der Waals surface area contributed by atoms with E-state index in [-0.39, 0.29) is 16.9 Å². The zero-order valence-corrected chi connectivity index (χ0v) is 13.5. The molecule has 2 aromatic carbocycles. The molecule has 116 valence electrons. The zero-order valence-electron chi connectivity index (χ0n) is 11.9. The van der Waals surface area contributed by atoms with Gasteiger partial charge >= 0.3 is 5.97 Å². The van der Waals surface area contributed by atoms with Gasteiger partial charge in [-0.2, -0.15) is 0 Å². The average Bonchev–Trinajstić information content (AvgIpc) is 2.49. The minimum atomic E-state index is -0.712. The lowest BCUT2D eigenvalue weighted by Gasteiger charge is -2.06. The molecule has 0 bridgehead atoms. The van der Waals surface area contributed by atoms with Crippen LogP contribution in [0.15, 0.2) is 56.1 Å². The monoisotopic (exact) mass is 376 g/mol. The van der Waals surface area contributed by atoms with Crippen molar-refractivity contribution < 1.29 is 18.3 Å². The Morgan fingerprint density at radius 3 is 2.65 bits per heavy atom. The SMILES string of the molecule is CC(=O)Oc1ccc(-c2cc(=O)c3cc(Br)ccc3o2)cc1F. The molecule has 3 rings (SSSR count). The minimum absolute atomic E-state index is 0.173. The Bertz CT molecular complexity index is 978. The highest BCUT2D eigenvalue weighted by molar-refractivity contribution is 9.10. The second-order valence-electron chi connectivity index (χ2n) is 4.85. The van der Waals surface area contributed by atoms with Gasteiger partial charge in [-0.15, -0.1) is 0 Å². The molecule has 3 aromatic rings. The largest absolute Gasteiger partial charge is 0.456 e. The number of hydrogen-bond acceptors (Lipinski definition) is 4. The van der Waals surface area contributed by atoms with Gasteiger partial charge in [0.05, 0.1) is 5.39 Å². The number of carbonyl (C=O) groups is 1. The summed E-state index contributed by atoms with van der Waals surface area (Å²) in [7, 11) is 0. The molecule has 0 aliphatic carbocycles. The summed E-state index contributed by atoms with van der Waals surface area (Å²) in [5.41, 5.74) is 0.549. The Labute approximate surface area is 138 Å². The predicted molar refractivity (Wildman–Crippen MR) is 86.9 cm³/mol. The summed E-state index contributed by atoms with van der Waals surface area (Å²) in [4.78, 5) is 23.1. The maximum absolute atomic E-state index is 14.0. The van der Waals surface area contributed by atoms with E-state index in [0.717, 1.165) is 10.5 Å². The third-order valence-electron chi connectivity index (χ3n) is 3.16. The van der Waals surface area contributed by atoms with Crippen molar-refractivity contribution in [2.45, 2.75) is 6.92 Å². The molecule has 0 spiro atoms. The molecule has 0 fully saturated rings. The normalized spacial score (nSPS) is 10.7. The summed E-state index contributed by atoms with van der Waals surface area (Å²) >= 11 is 3.30. The molecule has 0 saturated heterocycles. The number of ether oxygens (including phenoxy) is 1. The van der Waals surface area contributed by atoms with Crippen molar-refractivity contribution in [3.8, 4) is 17.1 Å². The van der Waals surface area contributed by atoms with Crippen molar-refractivity contribution in [3.05, 3.63) is 63.0 Å². The standard InChI is InChI=1S/C17H10BrFO4/c1-9(20)22-16-4-2-10(6-13(16)19)17-8-14(21)12-7-11(18)3-5-15(12)23-17/h2-8H,1H3. The van der Waals surface area contributed by atoms with Crippen LogP contribution < -0.4 is 10.2 Å². The molecule has 1 aromatic heterocycles. The fraction of sp³-hybridized carbons (Fsp3) is 0.0588. The van der Waals surface area contributed by atoms with E-state index in [0.29, 0.717) is 16.5 Å². The molecule has 0 atom stereocenters. The first-order chi connectivity index (χ1) is 10.9. The van der Waals surface area contributed by atoms with Crippen LogP contribution in [0.4, 0.5) is 4.39 Å². The Kier molecular flexibility index (Phi) is 4.00. The van der Waals surface area contributed by atoms with E-state index >= 15 is 0 Å². The van der Waals surface area contributed by atoms with Crippen LogP contribution in [0.25, 0.3) is 22.3 Å². The van der Waals surface area contributed by atoms with Gasteiger partial charge in [0.15, 0.2) is 17.0 Å². The Morgan fingerprint density at radius 1 is 1.17 bits per heavy atom. The summed E-state index contributed by atoms with van der Waals surface area (Å²) in [6.07, 6.45) is 0. The van der Waals surface area contributed by atoms with Crippen molar-refractivity contribution >= 4 is 32.9 Å². The lowest BCUT2D eigenvalue weighted by molar-refractivity contribution is -0.132. The number of halogens is 2. The third kappa shape index (κ3) is 3.17. The van der Waals surface area contributed by atoms with E-state index in [2.05, 4.69) is 15.9 Å². The Hall–Kier alpha value is -2.47. The van der Waals surface area contributed by atoms with Crippen LogP contribution in [0.3, 0.4) is 0 Å². The zero-order chi connectivity index (χ0) is 16.6. The van der Waals surface area contributed by atoms with Crippen molar-refractivity contribution in [3.63, 3.8) is 0 Å². The molecule has 0 aliphatic heterocycles. The van der Waals surface area contributed by atoms with Crippen molar-refractivity contribution in [2.75, 3.05) is 0 Å². The van der Waals surface area contributed by atoms with Gasteiger partial charge in [-0.25, -0.2) is 4.39 Å². The molecular weight excluding hydrogens is 367 g/mol. The van der Waals surface area contributed by atoms with Gasteiger partial charge in [0, 0.05) is 23.0 Å². The number of benzene rings is 2. The van der Waals surface area contributed by atoms with Crippen LogP contribution in [-0.4, -0.2) is 5.97 Å². The van der Waals surface area contributed by atoms with Crippen molar-refractivity contribution in [1.29, 1.82) is 0 Å². The summed E-state index contributed by atoms with van der Waals surface area (Å²) in [6, 6.07) is 10.4. The highest BCUT2D eigenvalue weighted by Gasteiger charge is 2.12. The fourth-order valence-electron chi connectivity index (χ4n) is 2.16. The third-order valence-corrected chi connectivity index (χ3v) is 3.65. The number of rotatable bonds is 2. The van der Waals surface area contributed by atoms with Gasteiger partial charge in [-0.05, 0) is 36.4 Å². The smallest absolute Gasteiger partial charge is 0.308 e. The van der Waals surface area contributed by atoms with E-state index in [4.69, 9.17) is 9.15 Å². The van der Waals surface area contributed by atoms with Crippen molar-refractivity contribution in [2.24, 2.45) is 0 Å². The van der Waals surface area contributed by atoms with Crippen LogP contribution in [-0.2, 0) is 4.79 Å². The van der Waals surface area contributed by atoms with Gasteiger partial charge in [-0.3, -0.25) is 9.59 Å². The summed E-state index contributed by atoms with van der Waals surface area (Å²) in [5.74, 6) is -1.26. The second kappa shape index (κ2) is 5.96. The quantitative estimate of drug-likeness (QED) is 0.494. The average molecular weight is 377 g/mol. The number of carbonyl (C=O) groups excluding carboxylic acids is 1. The van der Waals surface area contributed by atoms with Crippen molar-refractivity contribution in [1.82, 2.24) is 0 Å². The predicted octanol–water partition coefficient (Wildman–Crippen LogP) is 4.29. The van der Waals surface area contributed by atoms with Crippen LogP contribution in [0, 0.1) is 5.82 Å². The molecule has 1 heterocycles. The Morgan fingerprint density at radius 2 is 1.96 bits per heavy atom. The number of hydrogen-bond donors (Lipinski definition) is 0. The second-order valence-corrected chi connectivity index (χ2v) is 5.77. The number of fused-ring (bicyclic) bond motifs is 1. The molecule has 6 heteroatoms. The highest BCUT2D eigenvalue weighted by Crippen LogP contribution is 2.27. The van der Waals surface area contributed by atoms with E-state index in [9.17, 15) is 14.0 Å². The summed E-state index contributed by atoms with van der Waals surface area (Å²) < 4.78 is 25.1. The van der Waals surface area contributed by atoms with Crippen LogP contribution >= 0.6 is 15.9 Å². The fourth-order valence-corrected chi connectivity index (χ4v) is 2.52. The molecular formula is C17H10BrFO4. The molecule has 0 radical (unpaired) electrons. The molecule has 0 unspecified atom stereocenters. The van der Waals surface area contributed by atoms with E-state index < -0.39 is 11.8 Å². The summed E-state index contributed by atoms with van der Waals surface area (Å²) in [5, 5.41) is 0.431. The molecule has 0 amide bonds. The van der Waals surface area contributed by atoms with Gasteiger partial charge in [0.1, 0.15) is 11.3 Å². The van der Waals surface area contributed by atoms with E-state index in [1.807, 2.05) is 0 Å². The van der Waals surface area contributed by atoms with Gasteiger partial charge in [0.2, 0.25) is 0 Å². The lowest BCUT2D eigenvalue weighted by atomic mass is 10.1. The first-order valence-corrected chi connectivity index (χ1v) is 7.45. The first kappa shape index (κ1) is 15.4. The van der Waals surface area contributed by atoms with Crippen LogP contribution in [0.1, 0.15) is 6.92 Å². The molecule has 4 nitrogen and oxygen atoms in total. The topological polar surface area (TPSA) is 56.5 Å². The van der Waals surface area contributed by atoms with Gasteiger partial charge < -0.3 is 9.15 Å². The van der Waals surface area contributed by atoms with Crippen LogP contribution in [0.5, 0.6) is 5.75 Å². The van der Waals surface area contributed by atoms with Gasteiger partial charge in [0.25, 0.3) is 0 Å². The van der Waals surface area contributed by atoms with E-state index in [1.165, 1.54) is 25.1 Å². The van der Waals surface area contributed by atoms with Crippen LogP contribution in [0.2, 0.25) is 0 Å². The lowest BCUT2D eigenvalue weighted by Crippen LogP contribution is -2.03. The maximum Gasteiger partial charge on any atom is 0.308 e. The first-order valence-electron chi connectivity index (χ1n) is 6.66. The molecule has 0 aliphatic rings. The maximum atomic E-state index is 14.0. The summed E-state index contributed by atoms with van der Waals surface area (Å²) in [6.45, 7) is 1.19. The van der Waals surface area contributed by atoms with E-state index in [1.54, 1.807) is 18.2 Å². The highest BCUT2D eigenvalue weighted by atomic mass is 79.9. The molecule has 0 N–H and O–H groups in total. The van der Waals surface area contributed by atoms with Gasteiger partial charge in [-0.1, -0.05) is 15.9 Å². The Balaban J connectivity index is 2.10. The minimum Gasteiger partial charge on any atom is -0.456 e. The molecule has 0 saturated carbocycles.